The Kier molecular flexibility index (Phi) is 9.39. The molecule has 2 amide bonds. The highest BCUT2D eigenvalue weighted by molar-refractivity contribution is 8.26. The fourth-order valence-corrected chi connectivity index (χ4v) is 6.85. The number of aromatic carboxylic acids is 1. The third-order valence-electron chi connectivity index (χ3n) is 6.80. The van der Waals surface area contributed by atoms with Crippen molar-refractivity contribution < 1.29 is 41.8 Å². The molecule has 15 heteroatoms. The molecule has 2 aliphatic heterocycles. The number of anilines is 2. The molecule has 2 aliphatic rings. The van der Waals surface area contributed by atoms with Crippen LogP contribution in [0.2, 0.25) is 0 Å². The van der Waals surface area contributed by atoms with E-state index < -0.39 is 35.3 Å². The van der Waals surface area contributed by atoms with Gasteiger partial charge in [0.25, 0.3) is 5.91 Å². The molecule has 0 spiro atoms. The lowest BCUT2D eigenvalue weighted by molar-refractivity contribution is -0.140. The minimum absolute atomic E-state index is 0.0169. The number of halogens is 4. The third kappa shape index (κ3) is 7.12. The number of thioether (sulfide) groups is 1. The lowest BCUT2D eigenvalue weighted by atomic mass is 10.0. The fourth-order valence-electron chi connectivity index (χ4n) is 4.63. The Morgan fingerprint density at radius 1 is 1.09 bits per heavy atom. The first-order chi connectivity index (χ1) is 20.9. The Hall–Kier alpha value is -3.79. The van der Waals surface area contributed by atoms with Crippen molar-refractivity contribution in [3.05, 3.63) is 74.6 Å². The number of hydrogen-bond donors (Lipinski definition) is 2. The average molecular weight is 666 g/mol. The smallest absolute Gasteiger partial charge is 0.419 e. The molecule has 2 saturated heterocycles. The molecule has 0 saturated carbocycles. The first kappa shape index (κ1) is 31.6. The van der Waals surface area contributed by atoms with Gasteiger partial charge in [-0.15, -0.1) is 11.3 Å². The Morgan fingerprint density at radius 2 is 1.84 bits per heavy atom. The van der Waals surface area contributed by atoms with Crippen molar-refractivity contribution in [1.29, 1.82) is 0 Å². The minimum Gasteiger partial charge on any atom is -0.478 e. The van der Waals surface area contributed by atoms with E-state index in [2.05, 4.69) is 5.32 Å². The summed E-state index contributed by atoms with van der Waals surface area (Å²) in [5, 5.41) is 14.0. The predicted octanol–water partition coefficient (Wildman–Crippen LogP) is 6.34. The average Bonchev–Trinajstić information content (AvgIpc) is 3.55. The van der Waals surface area contributed by atoms with Gasteiger partial charge in [-0.05, 0) is 59.0 Å². The quantitative estimate of drug-likeness (QED) is 0.164. The van der Waals surface area contributed by atoms with Crippen molar-refractivity contribution in [2.45, 2.75) is 12.6 Å². The summed E-state index contributed by atoms with van der Waals surface area (Å²) in [6.45, 7) is 2.06. The number of carboxylic acids is 1. The maximum absolute atomic E-state index is 13.7. The molecule has 3 aromatic rings. The zero-order valence-corrected chi connectivity index (χ0v) is 25.1. The van der Waals surface area contributed by atoms with Crippen molar-refractivity contribution in [3.8, 4) is 11.1 Å². The van der Waals surface area contributed by atoms with E-state index in [1.54, 1.807) is 29.7 Å². The van der Waals surface area contributed by atoms with Gasteiger partial charge in [0.05, 0.1) is 34.9 Å². The zero-order chi connectivity index (χ0) is 31.6. The maximum atomic E-state index is 13.7. The van der Waals surface area contributed by atoms with Gasteiger partial charge < -0.3 is 20.1 Å². The van der Waals surface area contributed by atoms with Crippen LogP contribution in [0, 0.1) is 5.82 Å². The van der Waals surface area contributed by atoms with E-state index >= 15 is 0 Å². The third-order valence-corrected chi connectivity index (χ3v) is 9.05. The van der Waals surface area contributed by atoms with E-state index in [1.165, 1.54) is 28.4 Å². The summed E-state index contributed by atoms with van der Waals surface area (Å²) in [6, 6.07) is 8.99. The Morgan fingerprint density at radius 3 is 2.55 bits per heavy atom. The molecule has 8 nitrogen and oxygen atoms in total. The van der Waals surface area contributed by atoms with Gasteiger partial charge in [0.1, 0.15) is 10.1 Å². The van der Waals surface area contributed by atoms with Gasteiger partial charge in [-0.1, -0.05) is 30.0 Å². The number of alkyl halides is 3. The number of morpholine rings is 1. The van der Waals surface area contributed by atoms with Crippen LogP contribution in [0.3, 0.4) is 0 Å². The van der Waals surface area contributed by atoms with Gasteiger partial charge in [0, 0.05) is 36.6 Å². The lowest BCUT2D eigenvalue weighted by Crippen LogP contribution is -2.37. The summed E-state index contributed by atoms with van der Waals surface area (Å²) >= 11 is 7.56. The zero-order valence-electron chi connectivity index (χ0n) is 22.7. The number of benzene rings is 2. The molecule has 230 valence electrons. The summed E-state index contributed by atoms with van der Waals surface area (Å²) in [4.78, 5) is 41.7. The molecule has 0 radical (unpaired) electrons. The molecule has 0 aliphatic carbocycles. The SMILES string of the molecule is O=C(CCN1C(=O)C(=Cc2cc(-c3ccc(F)c(C(F)(F)F)c3)cs2)SC1=S)Nc1ccc(N2CCOCC2)c(C(=O)O)c1. The van der Waals surface area contributed by atoms with Crippen molar-refractivity contribution >= 4 is 74.9 Å². The number of thiocarbonyl (C=S) groups is 1. The second-order valence-electron chi connectivity index (χ2n) is 9.70. The van der Waals surface area contributed by atoms with Crippen molar-refractivity contribution in [2.75, 3.05) is 43.1 Å². The second-order valence-corrected chi connectivity index (χ2v) is 12.3. The molecule has 0 atom stereocenters. The number of hydrogen-bond acceptors (Lipinski definition) is 8. The molecule has 0 unspecified atom stereocenters. The molecule has 1 aromatic heterocycles. The van der Waals surface area contributed by atoms with E-state index in [4.69, 9.17) is 17.0 Å². The number of amides is 2. The van der Waals surface area contributed by atoms with Crippen LogP contribution in [0.15, 0.2) is 52.7 Å². The van der Waals surface area contributed by atoms with Crippen LogP contribution in [0.5, 0.6) is 0 Å². The van der Waals surface area contributed by atoms with Crippen LogP contribution < -0.4 is 10.2 Å². The fraction of sp³-hybridized carbons (Fsp3) is 0.241. The highest BCUT2D eigenvalue weighted by Gasteiger charge is 2.35. The summed E-state index contributed by atoms with van der Waals surface area (Å²) in [6.07, 6.45) is -3.38. The molecule has 3 heterocycles. The van der Waals surface area contributed by atoms with Crippen LogP contribution in [0.4, 0.5) is 28.9 Å². The van der Waals surface area contributed by atoms with E-state index in [9.17, 15) is 37.1 Å². The standard InChI is InChI=1S/C29H23F4N3O5S3/c30-22-3-1-16(12-21(22)29(31,32)33)17-11-19(43-15-17)14-24-26(38)36(28(42)44-24)6-5-25(37)34-18-2-4-23(20(13-18)27(39)40)35-7-9-41-10-8-35/h1-4,11-15H,5-10H2,(H,34,37)(H,39,40). The summed E-state index contributed by atoms with van der Waals surface area (Å²) in [5.41, 5.74) is 0.127. The number of thiophene rings is 1. The van der Waals surface area contributed by atoms with Crippen LogP contribution in [0.25, 0.3) is 17.2 Å². The van der Waals surface area contributed by atoms with E-state index in [0.717, 1.165) is 23.9 Å². The maximum Gasteiger partial charge on any atom is 0.419 e. The molecule has 2 aromatic carbocycles. The van der Waals surface area contributed by atoms with Gasteiger partial charge in [-0.2, -0.15) is 13.2 Å². The molecule has 2 N–H and O–H groups in total. The number of rotatable bonds is 8. The normalized spacial score (nSPS) is 16.6. The number of carboxylic acid groups (broad SMARTS) is 1. The van der Waals surface area contributed by atoms with Crippen molar-refractivity contribution in [2.24, 2.45) is 0 Å². The van der Waals surface area contributed by atoms with Gasteiger partial charge in [-0.3, -0.25) is 14.5 Å². The molecule has 2 fully saturated rings. The number of ether oxygens (including phenoxy) is 1. The van der Waals surface area contributed by atoms with Gasteiger partial charge >= 0.3 is 12.1 Å². The second kappa shape index (κ2) is 13.1. The molecular formula is C29H23F4N3O5S3. The molecule has 0 bridgehead atoms. The van der Waals surface area contributed by atoms with E-state index in [1.807, 2.05) is 4.90 Å². The molecule has 44 heavy (non-hydrogen) atoms. The number of carbonyl (C=O) groups excluding carboxylic acids is 2. The predicted molar refractivity (Wildman–Crippen MR) is 164 cm³/mol. The Balaban J connectivity index is 1.21. The first-order valence-corrected chi connectivity index (χ1v) is 15.2. The highest BCUT2D eigenvalue weighted by atomic mass is 32.2. The topological polar surface area (TPSA) is 99.2 Å². The Bertz CT molecular complexity index is 1670. The van der Waals surface area contributed by atoms with Gasteiger partial charge in [0.15, 0.2) is 0 Å². The molecule has 5 rings (SSSR count). The van der Waals surface area contributed by atoms with Crippen LogP contribution in [-0.4, -0.2) is 65.0 Å². The number of nitrogens with one attached hydrogen (secondary N) is 1. The van der Waals surface area contributed by atoms with E-state index in [0.29, 0.717) is 48.1 Å². The minimum atomic E-state index is -4.83. The summed E-state index contributed by atoms with van der Waals surface area (Å²) < 4.78 is 58.6. The van der Waals surface area contributed by atoms with E-state index in [-0.39, 0.29) is 33.3 Å². The van der Waals surface area contributed by atoms with Crippen LogP contribution in [0.1, 0.15) is 27.2 Å². The summed E-state index contributed by atoms with van der Waals surface area (Å²) in [5.74, 6) is -3.36. The van der Waals surface area contributed by atoms with Crippen LogP contribution >= 0.6 is 35.3 Å². The lowest BCUT2D eigenvalue weighted by Gasteiger charge is -2.30. The van der Waals surface area contributed by atoms with Gasteiger partial charge in [0.2, 0.25) is 5.91 Å². The first-order valence-electron chi connectivity index (χ1n) is 13.1. The molecular weight excluding hydrogens is 643 g/mol. The van der Waals surface area contributed by atoms with Crippen LogP contribution in [-0.2, 0) is 20.5 Å². The summed E-state index contributed by atoms with van der Waals surface area (Å²) in [7, 11) is 0. The largest absolute Gasteiger partial charge is 0.478 e. The Labute approximate surface area is 262 Å². The van der Waals surface area contributed by atoms with Gasteiger partial charge in [-0.25, -0.2) is 9.18 Å². The monoisotopic (exact) mass is 665 g/mol. The number of nitrogens with zero attached hydrogens (tertiary/aromatic N) is 2. The number of carbonyl (C=O) groups is 3. The van der Waals surface area contributed by atoms with Crippen molar-refractivity contribution in [3.63, 3.8) is 0 Å². The van der Waals surface area contributed by atoms with Crippen molar-refractivity contribution in [1.82, 2.24) is 4.90 Å². The highest BCUT2D eigenvalue weighted by Crippen LogP contribution is 2.37.